The summed E-state index contributed by atoms with van der Waals surface area (Å²) in [6.45, 7) is 3.71. The van der Waals surface area contributed by atoms with E-state index < -0.39 is 30.7 Å². The van der Waals surface area contributed by atoms with Crippen LogP contribution in [0.15, 0.2) is 12.7 Å². The third kappa shape index (κ3) is 2.61. The van der Waals surface area contributed by atoms with Crippen LogP contribution in [-0.4, -0.2) is 54.6 Å². The van der Waals surface area contributed by atoms with Crippen molar-refractivity contribution in [1.29, 1.82) is 0 Å². The molecule has 0 saturated carbocycles. The van der Waals surface area contributed by atoms with Crippen LogP contribution < -0.4 is 0 Å². The van der Waals surface area contributed by atoms with Gasteiger partial charge in [0.15, 0.2) is 6.29 Å². The molecule has 1 heterocycles. The van der Waals surface area contributed by atoms with Crippen molar-refractivity contribution in [2.24, 2.45) is 0 Å². The maximum absolute atomic E-state index is 9.80. The van der Waals surface area contributed by atoms with E-state index in [1.807, 2.05) is 0 Å². The molecular formula is C11H16O5. The molecule has 1 aliphatic rings. The molecular weight excluding hydrogens is 212 g/mol. The van der Waals surface area contributed by atoms with Crippen LogP contribution in [0.1, 0.15) is 0 Å². The molecule has 0 radical (unpaired) electrons. The number of ether oxygens (including phenoxy) is 3. The summed E-state index contributed by atoms with van der Waals surface area (Å²) >= 11 is 0. The molecule has 5 atom stereocenters. The molecule has 2 N–H and O–H groups in total. The van der Waals surface area contributed by atoms with Crippen molar-refractivity contribution in [2.45, 2.75) is 30.7 Å². The van der Waals surface area contributed by atoms with Crippen molar-refractivity contribution in [3.05, 3.63) is 12.7 Å². The first-order valence-corrected chi connectivity index (χ1v) is 4.88. The Labute approximate surface area is 94.6 Å². The van der Waals surface area contributed by atoms with Crippen molar-refractivity contribution >= 4 is 0 Å². The zero-order valence-electron chi connectivity index (χ0n) is 9.07. The molecule has 0 aromatic carbocycles. The zero-order chi connectivity index (χ0) is 12.1. The Morgan fingerprint density at radius 2 is 2.19 bits per heavy atom. The Hall–Kier alpha value is -0.900. The maximum atomic E-state index is 9.80. The van der Waals surface area contributed by atoms with Crippen molar-refractivity contribution in [3.63, 3.8) is 0 Å². The third-order valence-corrected chi connectivity index (χ3v) is 2.35. The summed E-state index contributed by atoms with van der Waals surface area (Å²) in [5.41, 5.74) is 0. The molecule has 90 valence electrons. The van der Waals surface area contributed by atoms with Crippen LogP contribution in [0.2, 0.25) is 0 Å². The monoisotopic (exact) mass is 228 g/mol. The molecule has 1 fully saturated rings. The zero-order valence-corrected chi connectivity index (χ0v) is 9.07. The fourth-order valence-electron chi connectivity index (χ4n) is 1.52. The van der Waals surface area contributed by atoms with E-state index in [1.54, 1.807) is 0 Å². The minimum absolute atomic E-state index is 0.221. The van der Waals surface area contributed by atoms with Gasteiger partial charge in [0.2, 0.25) is 0 Å². The van der Waals surface area contributed by atoms with Crippen LogP contribution >= 0.6 is 0 Å². The van der Waals surface area contributed by atoms with E-state index in [9.17, 15) is 10.2 Å². The van der Waals surface area contributed by atoms with Crippen molar-refractivity contribution < 1.29 is 24.4 Å². The normalized spacial score (nSPS) is 39.0. The first-order valence-electron chi connectivity index (χ1n) is 4.88. The SMILES string of the molecule is C#C[C@@H]1O[C@@H](OC)[C@H](OCC=C)[C@H](O)[C@H]1O. The fraction of sp³-hybridized carbons (Fsp3) is 0.636. The van der Waals surface area contributed by atoms with Crippen LogP contribution in [0.25, 0.3) is 0 Å². The smallest absolute Gasteiger partial charge is 0.187 e. The summed E-state index contributed by atoms with van der Waals surface area (Å²) in [6, 6.07) is 0. The van der Waals surface area contributed by atoms with Crippen molar-refractivity contribution in [1.82, 2.24) is 0 Å². The van der Waals surface area contributed by atoms with Crippen molar-refractivity contribution in [2.75, 3.05) is 13.7 Å². The minimum Gasteiger partial charge on any atom is -0.387 e. The van der Waals surface area contributed by atoms with Crippen LogP contribution in [0.5, 0.6) is 0 Å². The largest absolute Gasteiger partial charge is 0.387 e. The molecule has 0 bridgehead atoms. The molecule has 0 spiro atoms. The number of terminal acetylenes is 1. The molecule has 0 aromatic heterocycles. The minimum atomic E-state index is -1.19. The van der Waals surface area contributed by atoms with Gasteiger partial charge in [-0.2, -0.15) is 0 Å². The lowest BCUT2D eigenvalue weighted by Gasteiger charge is -2.39. The fourth-order valence-corrected chi connectivity index (χ4v) is 1.52. The molecule has 0 unspecified atom stereocenters. The van der Waals surface area contributed by atoms with Gasteiger partial charge in [0, 0.05) is 7.11 Å². The van der Waals surface area contributed by atoms with Gasteiger partial charge in [0.25, 0.3) is 0 Å². The Kier molecular flexibility index (Phi) is 4.93. The van der Waals surface area contributed by atoms with Gasteiger partial charge in [-0.3, -0.25) is 0 Å². The highest BCUT2D eigenvalue weighted by Crippen LogP contribution is 2.23. The Morgan fingerprint density at radius 3 is 2.69 bits per heavy atom. The second kappa shape index (κ2) is 5.99. The highest BCUT2D eigenvalue weighted by Gasteiger charge is 2.44. The van der Waals surface area contributed by atoms with E-state index in [4.69, 9.17) is 20.6 Å². The van der Waals surface area contributed by atoms with Crippen LogP contribution in [-0.2, 0) is 14.2 Å². The Balaban J connectivity index is 2.74. The number of methoxy groups -OCH3 is 1. The standard InChI is InChI=1S/C11H16O5/c1-4-6-15-10-9(13)8(12)7(5-2)16-11(10)14-3/h2,4,7-13H,1,6H2,3H3/t7-,8-,9+,10+,11+/m0/s1. The molecule has 1 saturated heterocycles. The van der Waals surface area contributed by atoms with Gasteiger partial charge >= 0.3 is 0 Å². The predicted molar refractivity (Wildman–Crippen MR) is 56.5 cm³/mol. The third-order valence-electron chi connectivity index (χ3n) is 2.35. The number of aliphatic hydroxyl groups is 2. The van der Waals surface area contributed by atoms with E-state index >= 15 is 0 Å². The number of hydrogen-bond acceptors (Lipinski definition) is 5. The Bertz CT molecular complexity index is 270. The highest BCUT2D eigenvalue weighted by molar-refractivity contribution is 5.05. The molecule has 5 nitrogen and oxygen atoms in total. The van der Waals surface area contributed by atoms with E-state index in [2.05, 4.69) is 12.5 Å². The lowest BCUT2D eigenvalue weighted by molar-refractivity contribution is -0.286. The van der Waals surface area contributed by atoms with E-state index in [0.717, 1.165) is 0 Å². The average Bonchev–Trinajstić information content (AvgIpc) is 2.31. The lowest BCUT2D eigenvalue weighted by Crippen LogP contribution is -2.58. The lowest BCUT2D eigenvalue weighted by atomic mass is 9.99. The number of hydrogen-bond donors (Lipinski definition) is 2. The molecule has 1 rings (SSSR count). The van der Waals surface area contributed by atoms with Gasteiger partial charge in [-0.05, 0) is 0 Å². The molecule has 16 heavy (non-hydrogen) atoms. The van der Waals surface area contributed by atoms with Crippen LogP contribution in [0, 0.1) is 12.3 Å². The number of rotatable bonds is 4. The van der Waals surface area contributed by atoms with Crippen LogP contribution in [0.4, 0.5) is 0 Å². The van der Waals surface area contributed by atoms with Gasteiger partial charge in [-0.15, -0.1) is 13.0 Å². The quantitative estimate of drug-likeness (QED) is 0.491. The van der Waals surface area contributed by atoms with Crippen molar-refractivity contribution in [3.8, 4) is 12.3 Å². The van der Waals surface area contributed by atoms with Gasteiger partial charge in [0.05, 0.1) is 6.61 Å². The van der Waals surface area contributed by atoms with Gasteiger partial charge in [-0.25, -0.2) is 0 Å². The van der Waals surface area contributed by atoms with E-state index in [0.29, 0.717) is 0 Å². The maximum Gasteiger partial charge on any atom is 0.187 e. The van der Waals surface area contributed by atoms with Gasteiger partial charge < -0.3 is 24.4 Å². The van der Waals surface area contributed by atoms with Gasteiger partial charge in [0.1, 0.15) is 24.4 Å². The molecule has 5 heteroatoms. The second-order valence-corrected chi connectivity index (χ2v) is 3.40. The second-order valence-electron chi connectivity index (χ2n) is 3.40. The first kappa shape index (κ1) is 13.2. The molecule has 1 aliphatic heterocycles. The molecule has 0 aromatic rings. The summed E-state index contributed by atoms with van der Waals surface area (Å²) in [4.78, 5) is 0. The average molecular weight is 228 g/mol. The summed E-state index contributed by atoms with van der Waals surface area (Å²) < 4.78 is 15.5. The van der Waals surface area contributed by atoms with E-state index in [1.165, 1.54) is 13.2 Å². The summed E-state index contributed by atoms with van der Waals surface area (Å²) in [7, 11) is 1.41. The molecule has 0 amide bonds. The van der Waals surface area contributed by atoms with Gasteiger partial charge in [-0.1, -0.05) is 12.0 Å². The number of aliphatic hydroxyl groups excluding tert-OH is 2. The van der Waals surface area contributed by atoms with E-state index in [-0.39, 0.29) is 6.61 Å². The topological polar surface area (TPSA) is 68.2 Å². The summed E-state index contributed by atoms with van der Waals surface area (Å²) in [5, 5.41) is 19.4. The Morgan fingerprint density at radius 1 is 1.50 bits per heavy atom. The first-order chi connectivity index (χ1) is 7.65. The predicted octanol–water partition coefficient (Wildman–Crippen LogP) is -0.716. The highest BCUT2D eigenvalue weighted by atomic mass is 16.7. The summed E-state index contributed by atoms with van der Waals surface area (Å²) in [6.07, 6.45) is 1.85. The summed E-state index contributed by atoms with van der Waals surface area (Å²) in [5.74, 6) is 2.24. The molecule has 0 aliphatic carbocycles. The van der Waals surface area contributed by atoms with Crippen LogP contribution in [0.3, 0.4) is 0 Å².